The van der Waals surface area contributed by atoms with Crippen molar-refractivity contribution in [3.8, 4) is 0 Å². The molecule has 1 saturated carbocycles. The van der Waals surface area contributed by atoms with E-state index in [-0.39, 0.29) is 0 Å². The van der Waals surface area contributed by atoms with Crippen molar-refractivity contribution < 1.29 is 4.79 Å². The number of carbonyl (C=O) groups is 1. The Bertz CT molecular complexity index is 242. The summed E-state index contributed by atoms with van der Waals surface area (Å²) in [6.45, 7) is 4.47. The number of ketones is 1. The molecule has 1 nitrogen and oxygen atoms in total. The summed E-state index contributed by atoms with van der Waals surface area (Å²) >= 11 is 0. The zero-order chi connectivity index (χ0) is 9.42. The molecular weight excluding hydrogens is 160 g/mol. The highest BCUT2D eigenvalue weighted by Crippen LogP contribution is 2.41. The van der Waals surface area contributed by atoms with Crippen molar-refractivity contribution in [1.82, 2.24) is 0 Å². The minimum Gasteiger partial charge on any atom is -0.299 e. The third-order valence-electron chi connectivity index (χ3n) is 3.73. The Hall–Kier alpha value is -0.590. The van der Waals surface area contributed by atoms with E-state index in [0.717, 1.165) is 12.8 Å². The van der Waals surface area contributed by atoms with Crippen molar-refractivity contribution in [2.75, 3.05) is 0 Å². The summed E-state index contributed by atoms with van der Waals surface area (Å²) in [6, 6.07) is 0. The van der Waals surface area contributed by atoms with Gasteiger partial charge in [-0.15, -0.1) is 0 Å². The average Bonchev–Trinajstić information content (AvgIpc) is 2.40. The minimum atomic E-state index is 0.317. The molecule has 0 saturated heterocycles. The Morgan fingerprint density at radius 1 is 1.31 bits per heavy atom. The van der Waals surface area contributed by atoms with Crippen molar-refractivity contribution in [1.29, 1.82) is 0 Å². The number of rotatable bonds is 0. The van der Waals surface area contributed by atoms with E-state index in [2.05, 4.69) is 26.0 Å². The fourth-order valence-electron chi connectivity index (χ4n) is 2.90. The molecule has 0 amide bonds. The first-order chi connectivity index (χ1) is 6.20. The molecule has 0 aromatic heterocycles. The number of Topliss-reactive ketones (excluding diaryl/α,β-unsaturated/α-hetero) is 1. The first kappa shape index (κ1) is 8.98. The molecule has 2 rings (SSSR count). The summed E-state index contributed by atoms with van der Waals surface area (Å²) in [6.07, 6.45) is 7.66. The highest BCUT2D eigenvalue weighted by molar-refractivity contribution is 5.82. The second kappa shape index (κ2) is 3.28. The lowest BCUT2D eigenvalue weighted by atomic mass is 9.80. The van der Waals surface area contributed by atoms with Crippen LogP contribution in [-0.4, -0.2) is 5.78 Å². The molecule has 0 spiro atoms. The highest BCUT2D eigenvalue weighted by Gasteiger charge is 2.38. The van der Waals surface area contributed by atoms with Crippen molar-refractivity contribution in [3.63, 3.8) is 0 Å². The second-order valence-corrected chi connectivity index (χ2v) is 4.68. The van der Waals surface area contributed by atoms with E-state index in [1.807, 2.05) is 0 Å². The molecule has 0 N–H and O–H groups in total. The van der Waals surface area contributed by atoms with Crippen LogP contribution in [0.3, 0.4) is 0 Å². The summed E-state index contributed by atoms with van der Waals surface area (Å²) in [4.78, 5) is 11.8. The topological polar surface area (TPSA) is 17.1 Å². The van der Waals surface area contributed by atoms with Crippen molar-refractivity contribution in [2.24, 2.45) is 23.7 Å². The normalized spacial score (nSPS) is 44.6. The van der Waals surface area contributed by atoms with Crippen LogP contribution in [0.1, 0.15) is 33.1 Å². The Labute approximate surface area is 80.2 Å². The first-order valence-electron chi connectivity index (χ1n) is 5.41. The van der Waals surface area contributed by atoms with Crippen LogP contribution in [0.2, 0.25) is 0 Å². The molecule has 0 heterocycles. The molecule has 0 aromatic rings. The molecule has 4 atom stereocenters. The van der Waals surface area contributed by atoms with Gasteiger partial charge in [-0.05, 0) is 30.6 Å². The number of fused-ring (bicyclic) bond motifs is 1. The molecule has 1 fully saturated rings. The molecule has 13 heavy (non-hydrogen) atoms. The SMILES string of the molecule is C[C@H]1C=C[C@@H]2[C@@H]1C(=O)CCC[C@@H]2C. The summed E-state index contributed by atoms with van der Waals surface area (Å²) in [5.74, 6) is 2.56. The van der Waals surface area contributed by atoms with Crippen LogP contribution >= 0.6 is 0 Å². The number of allylic oxidation sites excluding steroid dienone is 2. The van der Waals surface area contributed by atoms with Crippen LogP contribution in [0.4, 0.5) is 0 Å². The standard InChI is InChI=1S/C12H18O/c1-8-4-3-5-11(13)12-9(2)6-7-10(8)12/h6-10,12H,3-5H2,1-2H3/t8-,9-,10-,12+/m0/s1. The number of carbonyl (C=O) groups excluding carboxylic acids is 1. The maximum atomic E-state index is 11.8. The van der Waals surface area contributed by atoms with Crippen LogP contribution < -0.4 is 0 Å². The van der Waals surface area contributed by atoms with E-state index in [4.69, 9.17) is 0 Å². The maximum absolute atomic E-state index is 11.8. The van der Waals surface area contributed by atoms with Gasteiger partial charge in [0.1, 0.15) is 5.78 Å². The molecule has 0 unspecified atom stereocenters. The van der Waals surface area contributed by atoms with Gasteiger partial charge in [0.2, 0.25) is 0 Å². The third kappa shape index (κ3) is 1.45. The fraction of sp³-hybridized carbons (Fsp3) is 0.750. The predicted molar refractivity (Wildman–Crippen MR) is 53.3 cm³/mol. The monoisotopic (exact) mass is 178 g/mol. The third-order valence-corrected chi connectivity index (χ3v) is 3.73. The van der Waals surface area contributed by atoms with Crippen LogP contribution in [0, 0.1) is 23.7 Å². The zero-order valence-corrected chi connectivity index (χ0v) is 8.49. The maximum Gasteiger partial charge on any atom is 0.137 e. The van der Waals surface area contributed by atoms with Gasteiger partial charge in [0, 0.05) is 12.3 Å². The quantitative estimate of drug-likeness (QED) is 0.521. The summed E-state index contributed by atoms with van der Waals surface area (Å²) in [5.41, 5.74) is 0. The van der Waals surface area contributed by atoms with Crippen molar-refractivity contribution in [3.05, 3.63) is 12.2 Å². The zero-order valence-electron chi connectivity index (χ0n) is 8.49. The van der Waals surface area contributed by atoms with Crippen LogP contribution in [0.15, 0.2) is 12.2 Å². The molecule has 2 aliphatic carbocycles. The van der Waals surface area contributed by atoms with E-state index in [1.54, 1.807) is 0 Å². The van der Waals surface area contributed by atoms with Gasteiger partial charge in [0.15, 0.2) is 0 Å². The molecular formula is C12H18O. The van der Waals surface area contributed by atoms with Gasteiger partial charge in [-0.1, -0.05) is 26.0 Å². The van der Waals surface area contributed by atoms with Gasteiger partial charge >= 0.3 is 0 Å². The lowest BCUT2D eigenvalue weighted by molar-refractivity contribution is -0.124. The van der Waals surface area contributed by atoms with E-state index in [1.165, 1.54) is 6.42 Å². The number of hydrogen-bond acceptors (Lipinski definition) is 1. The lowest BCUT2D eigenvalue weighted by Gasteiger charge is -2.23. The molecule has 0 aliphatic heterocycles. The Morgan fingerprint density at radius 3 is 2.85 bits per heavy atom. The molecule has 0 radical (unpaired) electrons. The molecule has 1 heteroatoms. The summed E-state index contributed by atoms with van der Waals surface area (Å²) in [5, 5.41) is 0. The van der Waals surface area contributed by atoms with Crippen LogP contribution in [0.25, 0.3) is 0 Å². The van der Waals surface area contributed by atoms with Gasteiger partial charge in [-0.25, -0.2) is 0 Å². The second-order valence-electron chi connectivity index (χ2n) is 4.68. The molecule has 0 bridgehead atoms. The van der Waals surface area contributed by atoms with Crippen LogP contribution in [0.5, 0.6) is 0 Å². The summed E-state index contributed by atoms with van der Waals surface area (Å²) < 4.78 is 0. The van der Waals surface area contributed by atoms with E-state index in [0.29, 0.717) is 29.5 Å². The van der Waals surface area contributed by atoms with Gasteiger partial charge < -0.3 is 0 Å². The first-order valence-corrected chi connectivity index (χ1v) is 5.41. The van der Waals surface area contributed by atoms with Crippen LogP contribution in [-0.2, 0) is 4.79 Å². The lowest BCUT2D eigenvalue weighted by Crippen LogP contribution is -2.25. The number of hydrogen-bond donors (Lipinski definition) is 0. The van der Waals surface area contributed by atoms with E-state index < -0.39 is 0 Å². The van der Waals surface area contributed by atoms with E-state index in [9.17, 15) is 4.79 Å². The van der Waals surface area contributed by atoms with Gasteiger partial charge in [0.05, 0.1) is 0 Å². The largest absolute Gasteiger partial charge is 0.299 e. The average molecular weight is 178 g/mol. The molecule has 2 aliphatic rings. The van der Waals surface area contributed by atoms with Gasteiger partial charge in [0.25, 0.3) is 0 Å². The molecule has 72 valence electrons. The smallest absolute Gasteiger partial charge is 0.137 e. The summed E-state index contributed by atoms with van der Waals surface area (Å²) in [7, 11) is 0. The minimum absolute atomic E-state index is 0.317. The van der Waals surface area contributed by atoms with E-state index >= 15 is 0 Å². The van der Waals surface area contributed by atoms with Gasteiger partial charge in [-0.2, -0.15) is 0 Å². The predicted octanol–water partition coefficient (Wildman–Crippen LogP) is 2.81. The Morgan fingerprint density at radius 2 is 2.08 bits per heavy atom. The Kier molecular flexibility index (Phi) is 2.27. The highest BCUT2D eigenvalue weighted by atomic mass is 16.1. The van der Waals surface area contributed by atoms with Gasteiger partial charge in [-0.3, -0.25) is 4.79 Å². The van der Waals surface area contributed by atoms with Crippen molar-refractivity contribution in [2.45, 2.75) is 33.1 Å². The molecule has 0 aromatic carbocycles. The Balaban J connectivity index is 2.24. The van der Waals surface area contributed by atoms with Crippen molar-refractivity contribution >= 4 is 5.78 Å². The fourth-order valence-corrected chi connectivity index (χ4v) is 2.90.